The average Bonchev–Trinajstić information content (AvgIpc) is 2.73. The molecule has 138 valence electrons. The SMILES string of the molecule is NC(N)=NCCCOC(c1ccccc1)(c1ccccc1)c1ccccc1. The van der Waals surface area contributed by atoms with Crippen LogP contribution in [0, 0.1) is 0 Å². The van der Waals surface area contributed by atoms with E-state index in [0.29, 0.717) is 13.2 Å². The lowest BCUT2D eigenvalue weighted by Gasteiger charge is -2.36. The summed E-state index contributed by atoms with van der Waals surface area (Å²) in [6.07, 6.45) is 0.728. The Hall–Kier alpha value is -3.11. The number of hydrogen-bond acceptors (Lipinski definition) is 2. The van der Waals surface area contributed by atoms with Crippen molar-refractivity contribution in [3.05, 3.63) is 108 Å². The predicted octanol–water partition coefficient (Wildman–Crippen LogP) is 3.66. The number of benzene rings is 3. The first-order valence-corrected chi connectivity index (χ1v) is 9.09. The molecule has 0 bridgehead atoms. The van der Waals surface area contributed by atoms with E-state index in [1.165, 1.54) is 0 Å². The molecule has 3 aromatic rings. The van der Waals surface area contributed by atoms with Crippen LogP contribution in [-0.2, 0) is 10.3 Å². The van der Waals surface area contributed by atoms with Crippen LogP contribution in [0.3, 0.4) is 0 Å². The van der Waals surface area contributed by atoms with E-state index in [1.807, 2.05) is 54.6 Å². The summed E-state index contributed by atoms with van der Waals surface area (Å²) in [4.78, 5) is 4.05. The number of nitrogens with two attached hydrogens (primary N) is 2. The van der Waals surface area contributed by atoms with Crippen molar-refractivity contribution in [2.75, 3.05) is 13.2 Å². The summed E-state index contributed by atoms with van der Waals surface area (Å²) >= 11 is 0. The first kappa shape index (κ1) is 18.7. The van der Waals surface area contributed by atoms with Crippen molar-refractivity contribution in [3.8, 4) is 0 Å². The zero-order valence-electron chi connectivity index (χ0n) is 15.3. The molecule has 0 aliphatic rings. The Labute approximate surface area is 160 Å². The number of aliphatic imine (C=N–C) groups is 1. The molecule has 0 aliphatic heterocycles. The Morgan fingerprint density at radius 2 is 1.11 bits per heavy atom. The maximum atomic E-state index is 6.62. The van der Waals surface area contributed by atoms with Crippen molar-refractivity contribution in [2.24, 2.45) is 16.5 Å². The highest BCUT2D eigenvalue weighted by atomic mass is 16.5. The van der Waals surface area contributed by atoms with E-state index in [2.05, 4.69) is 41.4 Å². The van der Waals surface area contributed by atoms with E-state index in [-0.39, 0.29) is 5.96 Å². The highest BCUT2D eigenvalue weighted by molar-refractivity contribution is 5.75. The number of rotatable bonds is 8. The second kappa shape index (κ2) is 9.01. The highest BCUT2D eigenvalue weighted by Crippen LogP contribution is 2.40. The lowest BCUT2D eigenvalue weighted by molar-refractivity contribution is 0.0125. The molecule has 0 saturated heterocycles. The molecule has 0 radical (unpaired) electrons. The minimum absolute atomic E-state index is 0.107. The monoisotopic (exact) mass is 359 g/mol. The molecule has 4 N–H and O–H groups in total. The standard InChI is InChI=1S/C23H25N3O/c24-22(25)26-17-10-18-27-23(19-11-4-1-5-12-19,20-13-6-2-7-14-20)21-15-8-3-9-16-21/h1-9,11-16H,10,17-18H2,(H4,24,25,26). The van der Waals surface area contributed by atoms with E-state index in [9.17, 15) is 0 Å². The quantitative estimate of drug-likeness (QED) is 0.279. The summed E-state index contributed by atoms with van der Waals surface area (Å²) in [6.45, 7) is 1.06. The van der Waals surface area contributed by atoms with Crippen molar-refractivity contribution in [3.63, 3.8) is 0 Å². The highest BCUT2D eigenvalue weighted by Gasteiger charge is 2.37. The van der Waals surface area contributed by atoms with Gasteiger partial charge in [-0.1, -0.05) is 91.0 Å². The predicted molar refractivity (Wildman–Crippen MR) is 110 cm³/mol. The molecule has 0 fully saturated rings. The van der Waals surface area contributed by atoms with Crippen LogP contribution in [0.1, 0.15) is 23.1 Å². The van der Waals surface area contributed by atoms with E-state index < -0.39 is 5.60 Å². The van der Waals surface area contributed by atoms with Gasteiger partial charge < -0.3 is 16.2 Å². The molecule has 0 spiro atoms. The summed E-state index contributed by atoms with van der Waals surface area (Å²) in [5.74, 6) is 0.107. The van der Waals surface area contributed by atoms with Crippen molar-refractivity contribution in [1.82, 2.24) is 0 Å². The molecular weight excluding hydrogens is 334 g/mol. The Kier molecular flexibility index (Phi) is 6.23. The molecule has 0 saturated carbocycles. The average molecular weight is 359 g/mol. The van der Waals surface area contributed by atoms with Crippen molar-refractivity contribution >= 4 is 5.96 Å². The molecule has 0 aliphatic carbocycles. The maximum absolute atomic E-state index is 6.62. The number of ether oxygens (including phenoxy) is 1. The van der Waals surface area contributed by atoms with Gasteiger partial charge in [0.1, 0.15) is 5.60 Å². The van der Waals surface area contributed by atoms with E-state index in [0.717, 1.165) is 23.1 Å². The third-order valence-corrected chi connectivity index (χ3v) is 4.46. The van der Waals surface area contributed by atoms with Crippen LogP contribution >= 0.6 is 0 Å². The van der Waals surface area contributed by atoms with Crippen LogP contribution in [0.2, 0.25) is 0 Å². The molecule has 0 unspecified atom stereocenters. The van der Waals surface area contributed by atoms with Crippen LogP contribution in [0.25, 0.3) is 0 Å². The second-order valence-corrected chi connectivity index (χ2v) is 6.29. The fourth-order valence-electron chi connectivity index (χ4n) is 3.27. The fourth-order valence-corrected chi connectivity index (χ4v) is 3.27. The van der Waals surface area contributed by atoms with Gasteiger partial charge in [-0.25, -0.2) is 0 Å². The van der Waals surface area contributed by atoms with Crippen LogP contribution in [0.4, 0.5) is 0 Å². The normalized spacial score (nSPS) is 11.1. The number of guanidine groups is 1. The summed E-state index contributed by atoms with van der Waals surface area (Å²) < 4.78 is 6.62. The van der Waals surface area contributed by atoms with E-state index >= 15 is 0 Å². The minimum atomic E-state index is -0.693. The van der Waals surface area contributed by atoms with Gasteiger partial charge >= 0.3 is 0 Å². The van der Waals surface area contributed by atoms with Crippen LogP contribution in [0.15, 0.2) is 96.0 Å². The van der Waals surface area contributed by atoms with Crippen molar-refractivity contribution in [1.29, 1.82) is 0 Å². The lowest BCUT2D eigenvalue weighted by Crippen LogP contribution is -2.33. The Bertz CT molecular complexity index is 748. The smallest absolute Gasteiger partial charge is 0.185 e. The molecular formula is C23H25N3O. The van der Waals surface area contributed by atoms with Gasteiger partial charge in [0.25, 0.3) is 0 Å². The Morgan fingerprint density at radius 3 is 1.48 bits per heavy atom. The van der Waals surface area contributed by atoms with Gasteiger partial charge in [0, 0.05) is 6.54 Å². The van der Waals surface area contributed by atoms with Crippen LogP contribution in [0.5, 0.6) is 0 Å². The van der Waals surface area contributed by atoms with Gasteiger partial charge in [-0.3, -0.25) is 4.99 Å². The third kappa shape index (κ3) is 4.36. The summed E-state index contributed by atoms with van der Waals surface area (Å²) in [5, 5.41) is 0. The van der Waals surface area contributed by atoms with Crippen molar-refractivity contribution in [2.45, 2.75) is 12.0 Å². The first-order valence-electron chi connectivity index (χ1n) is 9.09. The van der Waals surface area contributed by atoms with Crippen molar-refractivity contribution < 1.29 is 4.74 Å². The maximum Gasteiger partial charge on any atom is 0.185 e. The molecule has 4 nitrogen and oxygen atoms in total. The van der Waals surface area contributed by atoms with Gasteiger partial charge in [0.15, 0.2) is 5.96 Å². The fraction of sp³-hybridized carbons (Fsp3) is 0.174. The Morgan fingerprint density at radius 1 is 0.704 bits per heavy atom. The van der Waals surface area contributed by atoms with Gasteiger partial charge in [-0.05, 0) is 23.1 Å². The van der Waals surface area contributed by atoms with E-state index in [1.54, 1.807) is 0 Å². The molecule has 0 atom stereocenters. The van der Waals surface area contributed by atoms with Gasteiger partial charge in [-0.15, -0.1) is 0 Å². The van der Waals surface area contributed by atoms with E-state index in [4.69, 9.17) is 16.2 Å². The molecule has 0 amide bonds. The summed E-state index contributed by atoms with van der Waals surface area (Å²) in [5.41, 5.74) is 13.4. The third-order valence-electron chi connectivity index (χ3n) is 4.46. The lowest BCUT2D eigenvalue weighted by atomic mass is 9.80. The summed E-state index contributed by atoms with van der Waals surface area (Å²) in [6, 6.07) is 30.9. The van der Waals surface area contributed by atoms with Gasteiger partial charge in [0.05, 0.1) is 6.61 Å². The molecule has 4 heteroatoms. The topological polar surface area (TPSA) is 73.6 Å². The Balaban J connectivity index is 2.04. The first-order chi connectivity index (χ1) is 13.2. The largest absolute Gasteiger partial charge is 0.370 e. The zero-order chi connectivity index (χ0) is 19.0. The van der Waals surface area contributed by atoms with Gasteiger partial charge in [-0.2, -0.15) is 0 Å². The van der Waals surface area contributed by atoms with Gasteiger partial charge in [0.2, 0.25) is 0 Å². The van der Waals surface area contributed by atoms with Crippen LogP contribution < -0.4 is 11.5 Å². The van der Waals surface area contributed by atoms with Crippen LogP contribution in [-0.4, -0.2) is 19.1 Å². The molecule has 0 heterocycles. The zero-order valence-corrected chi connectivity index (χ0v) is 15.3. The molecule has 3 aromatic carbocycles. The summed E-state index contributed by atoms with van der Waals surface area (Å²) in [7, 11) is 0. The second-order valence-electron chi connectivity index (χ2n) is 6.29. The molecule has 0 aromatic heterocycles. The molecule has 3 rings (SSSR count). The number of hydrogen-bond donors (Lipinski definition) is 2. The number of nitrogens with zero attached hydrogens (tertiary/aromatic N) is 1. The minimum Gasteiger partial charge on any atom is -0.370 e. The molecule has 27 heavy (non-hydrogen) atoms.